The zero-order valence-corrected chi connectivity index (χ0v) is 7.58. The molecule has 0 bridgehead atoms. The standard InChI is InChI=1S/C5H13NO5S/c1-6(2-4-7)3-5-11-12(8,9)10/h7H,2-5H2,1H3,(H,8,9,10)/p-1. The molecule has 0 heterocycles. The van der Waals surface area contributed by atoms with Crippen molar-refractivity contribution in [3.05, 3.63) is 0 Å². The SMILES string of the molecule is CN(CCO)CCOS(=O)(=O)[O-]. The van der Waals surface area contributed by atoms with Crippen LogP contribution in [0.15, 0.2) is 0 Å². The van der Waals surface area contributed by atoms with Crippen LogP contribution in [0.4, 0.5) is 0 Å². The summed E-state index contributed by atoms with van der Waals surface area (Å²) in [7, 11) is -2.90. The van der Waals surface area contributed by atoms with Crippen molar-refractivity contribution in [2.45, 2.75) is 0 Å². The molecule has 0 aliphatic carbocycles. The molecular formula is C5H12NO5S-. The lowest BCUT2D eigenvalue weighted by Gasteiger charge is -2.15. The predicted octanol–water partition coefficient (Wildman–Crippen LogP) is -1.61. The van der Waals surface area contributed by atoms with Gasteiger partial charge in [-0.15, -0.1) is 0 Å². The van der Waals surface area contributed by atoms with Gasteiger partial charge in [-0.05, 0) is 7.05 Å². The molecule has 6 nitrogen and oxygen atoms in total. The summed E-state index contributed by atoms with van der Waals surface area (Å²) < 4.78 is 33.7. The minimum atomic E-state index is -4.57. The Labute approximate surface area is 71.7 Å². The maximum Gasteiger partial charge on any atom is 0.217 e. The molecule has 0 aromatic carbocycles. The van der Waals surface area contributed by atoms with Crippen LogP contribution in [0, 0.1) is 0 Å². The van der Waals surface area contributed by atoms with E-state index in [-0.39, 0.29) is 13.2 Å². The Bertz CT molecular complexity index is 202. The van der Waals surface area contributed by atoms with Gasteiger partial charge in [-0.1, -0.05) is 0 Å². The molecule has 0 rings (SSSR count). The Morgan fingerprint density at radius 2 is 2.08 bits per heavy atom. The van der Waals surface area contributed by atoms with Crippen molar-refractivity contribution < 1.29 is 22.3 Å². The first-order chi connectivity index (χ1) is 5.45. The van der Waals surface area contributed by atoms with Crippen LogP contribution in [0.5, 0.6) is 0 Å². The zero-order chi connectivity index (χ0) is 9.61. The molecule has 0 fully saturated rings. The zero-order valence-electron chi connectivity index (χ0n) is 6.76. The van der Waals surface area contributed by atoms with Crippen molar-refractivity contribution in [2.24, 2.45) is 0 Å². The Morgan fingerprint density at radius 3 is 2.50 bits per heavy atom. The monoisotopic (exact) mass is 198 g/mol. The molecule has 0 atom stereocenters. The molecular weight excluding hydrogens is 186 g/mol. The molecule has 0 aliphatic rings. The molecule has 0 amide bonds. The van der Waals surface area contributed by atoms with E-state index in [1.54, 1.807) is 11.9 Å². The molecule has 12 heavy (non-hydrogen) atoms. The first kappa shape index (κ1) is 11.8. The van der Waals surface area contributed by atoms with Gasteiger partial charge < -0.3 is 14.6 Å². The highest BCUT2D eigenvalue weighted by atomic mass is 32.3. The summed E-state index contributed by atoms with van der Waals surface area (Å²) in [5.74, 6) is 0. The van der Waals surface area contributed by atoms with E-state index < -0.39 is 10.4 Å². The fourth-order valence-electron chi connectivity index (χ4n) is 0.578. The van der Waals surface area contributed by atoms with Crippen LogP contribution in [-0.4, -0.2) is 56.3 Å². The van der Waals surface area contributed by atoms with Crippen LogP contribution in [-0.2, 0) is 14.6 Å². The van der Waals surface area contributed by atoms with E-state index >= 15 is 0 Å². The molecule has 0 saturated heterocycles. The average molecular weight is 198 g/mol. The molecule has 1 N–H and O–H groups in total. The van der Waals surface area contributed by atoms with Gasteiger partial charge in [-0.25, -0.2) is 8.42 Å². The molecule has 0 unspecified atom stereocenters. The van der Waals surface area contributed by atoms with Crippen molar-refractivity contribution in [1.82, 2.24) is 4.90 Å². The normalized spacial score (nSPS) is 12.3. The van der Waals surface area contributed by atoms with E-state index in [0.29, 0.717) is 13.1 Å². The second-order valence-corrected chi connectivity index (χ2v) is 3.31. The van der Waals surface area contributed by atoms with Gasteiger partial charge in [0.1, 0.15) is 0 Å². The van der Waals surface area contributed by atoms with Gasteiger partial charge in [0.25, 0.3) is 0 Å². The van der Waals surface area contributed by atoms with Crippen LogP contribution in [0.1, 0.15) is 0 Å². The summed E-state index contributed by atoms with van der Waals surface area (Å²) >= 11 is 0. The quantitative estimate of drug-likeness (QED) is 0.408. The minimum Gasteiger partial charge on any atom is -0.726 e. The molecule has 0 radical (unpaired) electrons. The third kappa shape index (κ3) is 7.89. The van der Waals surface area contributed by atoms with Crippen LogP contribution < -0.4 is 0 Å². The Balaban J connectivity index is 3.44. The van der Waals surface area contributed by atoms with Crippen molar-refractivity contribution in [1.29, 1.82) is 0 Å². The second-order valence-electron chi connectivity index (χ2n) is 2.26. The number of hydrogen-bond acceptors (Lipinski definition) is 6. The molecule has 0 saturated carbocycles. The lowest BCUT2D eigenvalue weighted by molar-refractivity contribution is 0.185. The van der Waals surface area contributed by atoms with Gasteiger partial charge in [0.2, 0.25) is 10.4 Å². The van der Waals surface area contributed by atoms with Crippen molar-refractivity contribution >= 4 is 10.4 Å². The summed E-state index contributed by atoms with van der Waals surface area (Å²) in [5, 5.41) is 8.43. The Hall–Kier alpha value is -0.210. The van der Waals surface area contributed by atoms with E-state index in [1.807, 2.05) is 0 Å². The van der Waals surface area contributed by atoms with Crippen molar-refractivity contribution in [3.63, 3.8) is 0 Å². The van der Waals surface area contributed by atoms with E-state index in [2.05, 4.69) is 4.18 Å². The Kier molecular flexibility index (Phi) is 5.34. The van der Waals surface area contributed by atoms with Gasteiger partial charge in [0, 0.05) is 13.1 Å². The highest BCUT2D eigenvalue weighted by Crippen LogP contribution is 1.87. The number of aliphatic hydroxyl groups is 1. The maximum absolute atomic E-state index is 9.92. The second kappa shape index (κ2) is 5.44. The highest BCUT2D eigenvalue weighted by molar-refractivity contribution is 7.80. The summed E-state index contributed by atoms with van der Waals surface area (Å²) in [6.07, 6.45) is 0. The first-order valence-electron chi connectivity index (χ1n) is 3.35. The topological polar surface area (TPSA) is 89.9 Å². The molecule has 0 aromatic heterocycles. The molecule has 7 heteroatoms. The Morgan fingerprint density at radius 1 is 1.50 bits per heavy atom. The fourth-order valence-corrected chi connectivity index (χ4v) is 0.856. The summed E-state index contributed by atoms with van der Waals surface area (Å²) in [6, 6.07) is 0. The fraction of sp³-hybridized carbons (Fsp3) is 1.00. The van der Waals surface area contributed by atoms with E-state index in [9.17, 15) is 13.0 Å². The van der Waals surface area contributed by atoms with Crippen LogP contribution in [0.2, 0.25) is 0 Å². The van der Waals surface area contributed by atoms with E-state index in [4.69, 9.17) is 5.11 Å². The molecule has 74 valence electrons. The molecule has 0 aromatic rings. The van der Waals surface area contributed by atoms with Crippen LogP contribution in [0.3, 0.4) is 0 Å². The molecule has 0 aliphatic heterocycles. The molecule has 0 spiro atoms. The summed E-state index contributed by atoms with van der Waals surface area (Å²) in [6.45, 7) is 0.521. The number of aliphatic hydroxyl groups excluding tert-OH is 1. The van der Waals surface area contributed by atoms with Gasteiger partial charge >= 0.3 is 0 Å². The lowest BCUT2D eigenvalue weighted by Crippen LogP contribution is -2.27. The number of likely N-dealkylation sites (N-methyl/N-ethyl adjacent to an activating group) is 1. The van der Waals surface area contributed by atoms with Crippen LogP contribution >= 0.6 is 0 Å². The average Bonchev–Trinajstić information content (AvgIpc) is 1.84. The third-order valence-electron chi connectivity index (χ3n) is 1.18. The third-order valence-corrected chi connectivity index (χ3v) is 1.64. The largest absolute Gasteiger partial charge is 0.726 e. The number of nitrogens with zero attached hydrogens (tertiary/aromatic N) is 1. The minimum absolute atomic E-state index is 0.0133. The first-order valence-corrected chi connectivity index (χ1v) is 4.68. The predicted molar refractivity (Wildman–Crippen MR) is 40.2 cm³/mol. The smallest absolute Gasteiger partial charge is 0.217 e. The van der Waals surface area contributed by atoms with Crippen molar-refractivity contribution in [3.8, 4) is 0 Å². The highest BCUT2D eigenvalue weighted by Gasteiger charge is 1.98. The van der Waals surface area contributed by atoms with Gasteiger partial charge in [-0.2, -0.15) is 0 Å². The van der Waals surface area contributed by atoms with Crippen LogP contribution in [0.25, 0.3) is 0 Å². The van der Waals surface area contributed by atoms with Gasteiger partial charge in [-0.3, -0.25) is 4.18 Å². The number of rotatable bonds is 6. The lowest BCUT2D eigenvalue weighted by atomic mass is 10.5. The maximum atomic E-state index is 9.92. The van der Waals surface area contributed by atoms with Crippen molar-refractivity contribution in [2.75, 3.05) is 33.4 Å². The number of hydrogen-bond donors (Lipinski definition) is 1. The summed E-state index contributed by atoms with van der Waals surface area (Å²) in [4.78, 5) is 1.64. The summed E-state index contributed by atoms with van der Waals surface area (Å²) in [5.41, 5.74) is 0. The van der Waals surface area contributed by atoms with E-state index in [1.165, 1.54) is 0 Å². The van der Waals surface area contributed by atoms with Gasteiger partial charge in [0.05, 0.1) is 13.2 Å². The van der Waals surface area contributed by atoms with Gasteiger partial charge in [0.15, 0.2) is 0 Å². The van der Waals surface area contributed by atoms with E-state index in [0.717, 1.165) is 0 Å².